The Morgan fingerprint density at radius 1 is 0.631 bits per heavy atom. The van der Waals surface area contributed by atoms with Gasteiger partial charge in [-0.05, 0) is 91.8 Å². The Kier molecular flexibility index (Phi) is 12.5. The number of fused-ring (bicyclic) bond motifs is 4. The van der Waals surface area contributed by atoms with Gasteiger partial charge in [-0.1, -0.05) is 60.6 Å². The van der Waals surface area contributed by atoms with Crippen molar-refractivity contribution in [1.82, 2.24) is 0 Å². The summed E-state index contributed by atoms with van der Waals surface area (Å²) in [6.07, 6.45) is -12.0. The van der Waals surface area contributed by atoms with Gasteiger partial charge in [0, 0.05) is 16.7 Å². The summed E-state index contributed by atoms with van der Waals surface area (Å²) in [5.74, 6) is 0.593. The van der Waals surface area contributed by atoms with Gasteiger partial charge in [-0.25, -0.2) is 0 Å². The van der Waals surface area contributed by atoms with E-state index in [1.165, 1.54) is 6.92 Å². The molecule has 5 unspecified atom stereocenters. The molecule has 4 saturated heterocycles. The third-order valence-corrected chi connectivity index (χ3v) is 19.9. The smallest absolute Gasteiger partial charge is 0.187 e. The predicted molar refractivity (Wildman–Crippen MR) is 228 cm³/mol. The van der Waals surface area contributed by atoms with Gasteiger partial charge in [-0.15, -0.1) is 0 Å². The SMILES string of the molecule is C[C@H]1O[C@@H](O[C@H]2[C@@H](O)[C@@H](O)[C@H](O[C@H]3CC[C@@]4(C)C(CC[C@]5(C)C4C=CC46OCC7(CCC(C)(C)C[C@H]74)[C@@H](O)CC65C)C3(C)C)O[C@@H]2CO[C@@H]2O[C@H](CO)[C@@H](O)[C@@H](O)[C@H]2O)[C@H](O)[C@H](O)[C@H]1O. The molecular formula is C48H78O17. The van der Waals surface area contributed by atoms with Crippen molar-refractivity contribution in [2.75, 3.05) is 19.8 Å². The van der Waals surface area contributed by atoms with Gasteiger partial charge in [0.15, 0.2) is 18.9 Å². The molecule has 9 rings (SSSR count). The van der Waals surface area contributed by atoms with E-state index in [1.54, 1.807) is 0 Å². The third kappa shape index (κ3) is 7.09. The summed E-state index contributed by atoms with van der Waals surface area (Å²) >= 11 is 0. The monoisotopic (exact) mass is 927 g/mol. The molecule has 0 radical (unpaired) electrons. The van der Waals surface area contributed by atoms with Crippen molar-refractivity contribution >= 4 is 0 Å². The van der Waals surface area contributed by atoms with Gasteiger partial charge in [0.05, 0.1) is 43.7 Å². The van der Waals surface area contributed by atoms with E-state index < -0.39 is 129 Å². The molecule has 17 heteroatoms. The molecule has 4 saturated carbocycles. The maximum atomic E-state index is 12.2. The second kappa shape index (κ2) is 16.6. The molecule has 2 bridgehead atoms. The summed E-state index contributed by atoms with van der Waals surface area (Å²) in [7, 11) is 0. The normalized spacial score (nSPS) is 58.0. The maximum absolute atomic E-state index is 12.2. The van der Waals surface area contributed by atoms with Gasteiger partial charge in [0.25, 0.3) is 0 Å². The van der Waals surface area contributed by atoms with E-state index in [4.69, 9.17) is 33.2 Å². The Morgan fingerprint density at radius 2 is 1.28 bits per heavy atom. The van der Waals surface area contributed by atoms with E-state index in [1.807, 2.05) is 0 Å². The average Bonchev–Trinajstić information content (AvgIpc) is 3.52. The van der Waals surface area contributed by atoms with Crippen molar-refractivity contribution in [3.05, 3.63) is 12.2 Å². The Balaban J connectivity index is 0.958. The molecule has 0 aromatic carbocycles. The minimum absolute atomic E-state index is 0.163. The first-order valence-corrected chi connectivity index (χ1v) is 24.3. The van der Waals surface area contributed by atoms with Crippen molar-refractivity contribution in [2.45, 2.75) is 217 Å². The second-order valence-electron chi connectivity index (χ2n) is 24.0. The first-order chi connectivity index (χ1) is 30.3. The average molecular weight is 927 g/mol. The molecule has 0 amide bonds. The van der Waals surface area contributed by atoms with Crippen LogP contribution in [0.3, 0.4) is 0 Å². The van der Waals surface area contributed by atoms with Crippen molar-refractivity contribution in [1.29, 1.82) is 0 Å². The first kappa shape index (κ1) is 49.1. The van der Waals surface area contributed by atoms with Crippen molar-refractivity contribution < 1.29 is 84.2 Å². The molecule has 10 N–H and O–H groups in total. The van der Waals surface area contributed by atoms with E-state index in [-0.39, 0.29) is 44.8 Å². The molecule has 4 aliphatic heterocycles. The van der Waals surface area contributed by atoms with Crippen molar-refractivity contribution in [2.24, 2.45) is 50.2 Å². The first-order valence-electron chi connectivity index (χ1n) is 24.3. The molecule has 0 aromatic rings. The minimum Gasteiger partial charge on any atom is -0.394 e. The molecule has 0 aromatic heterocycles. The van der Waals surface area contributed by atoms with Crippen LogP contribution in [0.1, 0.15) is 107 Å². The van der Waals surface area contributed by atoms with Crippen LogP contribution in [0.2, 0.25) is 0 Å². The van der Waals surface area contributed by atoms with E-state index in [2.05, 4.69) is 60.6 Å². The summed E-state index contributed by atoms with van der Waals surface area (Å²) in [6, 6.07) is 0. The number of ether oxygens (including phenoxy) is 7. The highest BCUT2D eigenvalue weighted by atomic mass is 16.8. The number of allylic oxidation sites excluding steroid dienone is 1. The Bertz CT molecular complexity index is 1780. The van der Waals surface area contributed by atoms with Crippen molar-refractivity contribution in [3.63, 3.8) is 0 Å². The fourth-order valence-electron chi connectivity index (χ4n) is 15.7. The predicted octanol–water partition coefficient (Wildman–Crippen LogP) is 0.629. The van der Waals surface area contributed by atoms with Gasteiger partial charge in [-0.3, -0.25) is 0 Å². The quantitative estimate of drug-likeness (QED) is 0.118. The van der Waals surface area contributed by atoms with Crippen LogP contribution in [-0.4, -0.2) is 181 Å². The second-order valence-corrected chi connectivity index (χ2v) is 24.0. The Labute approximate surface area is 382 Å². The Hall–Kier alpha value is -0.940. The van der Waals surface area contributed by atoms with Crippen LogP contribution in [0, 0.1) is 50.2 Å². The summed E-state index contributed by atoms with van der Waals surface area (Å²) in [5.41, 5.74) is -1.61. The van der Waals surface area contributed by atoms with Gasteiger partial charge < -0.3 is 84.2 Å². The standard InChI is InChI=1S/C48H78O17/c1-22-30(51)32(53)36(57)40(61-22)65-38-24(20-59-39-35(56)33(54)31(52)23(19-49)62-39)63-41(37(58)34(38)55)64-29-11-12-44(6)25(43(29,4)5)9-13-45(7)26(44)10-14-48-27-17-42(2,3)15-16-47(27,21-60-48)28(50)18-46(45,48)8/h10,14,22-41,49-58H,9,11-13,15-21H2,1-8H3/t22-,23-,24-,25?,26?,27-,28+,29+,30+,31-,32-,33-,34+,35-,36-,37-,38-,39-,40+,41+,44+,45-,46?,47?,48?/m1/s1. The van der Waals surface area contributed by atoms with E-state index >= 15 is 0 Å². The summed E-state index contributed by atoms with van der Waals surface area (Å²) < 4.78 is 43.5. The highest BCUT2D eigenvalue weighted by Crippen LogP contribution is 2.79. The van der Waals surface area contributed by atoms with Crippen molar-refractivity contribution in [3.8, 4) is 0 Å². The molecule has 8 fully saturated rings. The number of hydrogen-bond donors (Lipinski definition) is 10. The molecule has 9 aliphatic rings. The van der Waals surface area contributed by atoms with Gasteiger partial charge in [-0.2, -0.15) is 0 Å². The fourth-order valence-corrected chi connectivity index (χ4v) is 15.7. The maximum Gasteiger partial charge on any atom is 0.187 e. The molecule has 17 nitrogen and oxygen atoms in total. The molecule has 4 heterocycles. The lowest BCUT2D eigenvalue weighted by Gasteiger charge is -2.73. The molecule has 5 aliphatic carbocycles. The molecular weight excluding hydrogens is 849 g/mol. The minimum atomic E-state index is -1.75. The van der Waals surface area contributed by atoms with Crippen LogP contribution >= 0.6 is 0 Å². The Morgan fingerprint density at radius 3 is 1.98 bits per heavy atom. The largest absolute Gasteiger partial charge is 0.394 e. The zero-order valence-electron chi connectivity index (χ0n) is 39.3. The lowest BCUT2D eigenvalue weighted by Crippen LogP contribution is -2.72. The summed E-state index contributed by atoms with van der Waals surface area (Å²) in [6.45, 7) is 17.2. The number of hydrogen-bond acceptors (Lipinski definition) is 17. The summed E-state index contributed by atoms with van der Waals surface area (Å²) in [4.78, 5) is 0. The van der Waals surface area contributed by atoms with Crippen LogP contribution < -0.4 is 0 Å². The van der Waals surface area contributed by atoms with Crippen LogP contribution in [0.5, 0.6) is 0 Å². The topological polar surface area (TPSA) is 267 Å². The van der Waals surface area contributed by atoms with Gasteiger partial charge >= 0.3 is 0 Å². The van der Waals surface area contributed by atoms with Gasteiger partial charge in [0.1, 0.15) is 67.1 Å². The number of aliphatic hydroxyl groups excluding tert-OH is 10. The zero-order valence-corrected chi connectivity index (χ0v) is 39.3. The summed E-state index contributed by atoms with van der Waals surface area (Å²) in [5, 5.41) is 109. The number of aliphatic hydroxyl groups is 10. The highest BCUT2D eigenvalue weighted by molar-refractivity contribution is 5.36. The molecule has 372 valence electrons. The highest BCUT2D eigenvalue weighted by Gasteiger charge is 2.79. The lowest BCUT2D eigenvalue weighted by molar-refractivity contribution is -0.374. The van der Waals surface area contributed by atoms with Crippen LogP contribution in [0.25, 0.3) is 0 Å². The lowest BCUT2D eigenvalue weighted by atomic mass is 9.32. The van der Waals surface area contributed by atoms with E-state index in [0.717, 1.165) is 38.5 Å². The molecule has 1 spiro atoms. The molecule has 65 heavy (non-hydrogen) atoms. The number of rotatable bonds is 8. The van der Waals surface area contributed by atoms with Crippen LogP contribution in [-0.2, 0) is 33.2 Å². The van der Waals surface area contributed by atoms with Crippen LogP contribution in [0.4, 0.5) is 0 Å². The van der Waals surface area contributed by atoms with E-state index in [9.17, 15) is 51.1 Å². The van der Waals surface area contributed by atoms with Crippen LogP contribution in [0.15, 0.2) is 12.2 Å². The zero-order chi connectivity index (χ0) is 47.2. The van der Waals surface area contributed by atoms with Gasteiger partial charge in [0.2, 0.25) is 0 Å². The fraction of sp³-hybridized carbons (Fsp3) is 0.958. The van der Waals surface area contributed by atoms with E-state index in [0.29, 0.717) is 19.4 Å². The molecule has 25 atom stereocenters. The third-order valence-electron chi connectivity index (χ3n) is 19.9.